The molecule has 0 aromatic heterocycles. The van der Waals surface area contributed by atoms with Crippen LogP contribution in [0.3, 0.4) is 0 Å². The second kappa shape index (κ2) is 4.59. The second-order valence-electron chi connectivity index (χ2n) is 4.23. The van der Waals surface area contributed by atoms with Gasteiger partial charge in [0.15, 0.2) is 0 Å². The summed E-state index contributed by atoms with van der Waals surface area (Å²) in [5, 5.41) is 11.1. The summed E-state index contributed by atoms with van der Waals surface area (Å²) in [4.78, 5) is 21.6. The van der Waals surface area contributed by atoms with Crippen LogP contribution in [-0.4, -0.2) is 42.8 Å². The van der Waals surface area contributed by atoms with Gasteiger partial charge in [0.2, 0.25) is 5.91 Å². The van der Waals surface area contributed by atoms with Gasteiger partial charge in [0, 0.05) is 12.0 Å². The molecule has 0 saturated carbocycles. The van der Waals surface area contributed by atoms with Crippen molar-refractivity contribution in [2.24, 2.45) is 11.1 Å². The van der Waals surface area contributed by atoms with Gasteiger partial charge in [-0.15, -0.1) is 0 Å². The Balaban J connectivity index is 2.25. The van der Waals surface area contributed by atoms with Gasteiger partial charge in [-0.1, -0.05) is 6.92 Å². The molecule has 1 saturated heterocycles. The summed E-state index contributed by atoms with van der Waals surface area (Å²) in [6.07, 6.45) is -0.348. The lowest BCUT2D eigenvalue weighted by atomic mass is 9.88. The molecule has 1 aliphatic rings. The van der Waals surface area contributed by atoms with Crippen LogP contribution in [0.15, 0.2) is 0 Å². The van der Waals surface area contributed by atoms with E-state index in [1.54, 1.807) is 0 Å². The highest BCUT2D eigenvalue weighted by molar-refractivity contribution is 5.85. The number of rotatable bonds is 5. The number of nitrogens with one attached hydrogen (secondary N) is 1. The minimum Gasteiger partial charge on any atom is -0.481 e. The van der Waals surface area contributed by atoms with E-state index in [0.29, 0.717) is 19.8 Å². The molecule has 6 nitrogen and oxygen atoms in total. The Morgan fingerprint density at radius 3 is 2.60 bits per heavy atom. The summed E-state index contributed by atoms with van der Waals surface area (Å²) in [5.74, 6) is -1.50. The summed E-state index contributed by atoms with van der Waals surface area (Å²) in [5.41, 5.74) is 5.35. The quantitative estimate of drug-likeness (QED) is 0.543. The van der Waals surface area contributed by atoms with Crippen LogP contribution >= 0.6 is 0 Å². The van der Waals surface area contributed by atoms with Gasteiger partial charge in [0.05, 0.1) is 25.7 Å². The molecule has 0 spiro atoms. The van der Waals surface area contributed by atoms with Crippen molar-refractivity contribution >= 4 is 11.9 Å². The Morgan fingerprint density at radius 1 is 1.60 bits per heavy atom. The first kappa shape index (κ1) is 11.9. The number of carbonyl (C=O) groups is 2. The van der Waals surface area contributed by atoms with Gasteiger partial charge in [0.1, 0.15) is 0 Å². The average Bonchev–Trinajstić information content (AvgIpc) is 2.10. The molecule has 1 heterocycles. The Morgan fingerprint density at radius 2 is 2.20 bits per heavy atom. The summed E-state index contributed by atoms with van der Waals surface area (Å²) >= 11 is 0. The van der Waals surface area contributed by atoms with E-state index in [1.807, 2.05) is 6.92 Å². The maximum absolute atomic E-state index is 11.3. The first-order valence-electron chi connectivity index (χ1n) is 4.76. The highest BCUT2D eigenvalue weighted by atomic mass is 16.5. The fraction of sp³-hybridized carbons (Fsp3) is 0.778. The molecule has 1 atom stereocenters. The van der Waals surface area contributed by atoms with E-state index in [9.17, 15) is 9.59 Å². The van der Waals surface area contributed by atoms with E-state index >= 15 is 0 Å². The van der Waals surface area contributed by atoms with Crippen molar-refractivity contribution in [3.05, 3.63) is 0 Å². The lowest BCUT2D eigenvalue weighted by Gasteiger charge is -2.38. The molecular weight excluding hydrogens is 200 g/mol. The Bertz CT molecular complexity index is 263. The van der Waals surface area contributed by atoms with Crippen molar-refractivity contribution < 1.29 is 19.4 Å². The Labute approximate surface area is 87.8 Å². The molecule has 0 aliphatic carbocycles. The summed E-state index contributed by atoms with van der Waals surface area (Å²) in [6, 6.07) is -0.980. The molecule has 6 heteroatoms. The maximum atomic E-state index is 11.3. The lowest BCUT2D eigenvalue weighted by Crippen LogP contribution is -2.51. The molecule has 0 radical (unpaired) electrons. The lowest BCUT2D eigenvalue weighted by molar-refractivity contribution is -0.140. The Hall–Kier alpha value is -1.14. The highest BCUT2D eigenvalue weighted by Crippen LogP contribution is 2.24. The van der Waals surface area contributed by atoms with Crippen molar-refractivity contribution in [1.29, 1.82) is 0 Å². The number of carboxylic acid groups (broad SMARTS) is 1. The van der Waals surface area contributed by atoms with Crippen LogP contribution in [0.4, 0.5) is 0 Å². The van der Waals surface area contributed by atoms with Crippen molar-refractivity contribution in [2.45, 2.75) is 19.4 Å². The number of aliphatic carboxylic acids is 1. The molecule has 0 aromatic rings. The standard InChI is InChI=1S/C9H16N2O4/c1-9(4-15-5-9)3-11-8(14)6(10)2-7(12)13/h6H,2-5,10H2,1H3,(H,11,14)(H,12,13). The number of hydrogen-bond acceptors (Lipinski definition) is 4. The topological polar surface area (TPSA) is 102 Å². The van der Waals surface area contributed by atoms with Crippen molar-refractivity contribution in [2.75, 3.05) is 19.8 Å². The summed E-state index contributed by atoms with van der Waals surface area (Å²) in [7, 11) is 0. The molecule has 4 N–H and O–H groups in total. The molecule has 1 rings (SSSR count). The van der Waals surface area contributed by atoms with E-state index in [-0.39, 0.29) is 11.8 Å². The second-order valence-corrected chi connectivity index (χ2v) is 4.23. The van der Waals surface area contributed by atoms with Gasteiger partial charge in [-0.25, -0.2) is 0 Å². The van der Waals surface area contributed by atoms with Crippen LogP contribution in [0.1, 0.15) is 13.3 Å². The molecule has 86 valence electrons. The molecule has 1 aliphatic heterocycles. The van der Waals surface area contributed by atoms with E-state index in [1.165, 1.54) is 0 Å². The Kier molecular flexibility index (Phi) is 3.65. The van der Waals surface area contributed by atoms with Gasteiger partial charge < -0.3 is 20.9 Å². The molecule has 0 aromatic carbocycles. The molecular formula is C9H16N2O4. The number of amides is 1. The number of carboxylic acids is 1. The zero-order valence-electron chi connectivity index (χ0n) is 8.66. The highest BCUT2D eigenvalue weighted by Gasteiger charge is 2.34. The average molecular weight is 216 g/mol. The van der Waals surface area contributed by atoms with Gasteiger partial charge in [-0.2, -0.15) is 0 Å². The van der Waals surface area contributed by atoms with E-state index < -0.39 is 17.9 Å². The molecule has 1 fully saturated rings. The van der Waals surface area contributed by atoms with E-state index in [0.717, 1.165) is 0 Å². The number of carbonyl (C=O) groups excluding carboxylic acids is 1. The number of ether oxygens (including phenoxy) is 1. The normalized spacial score (nSPS) is 20.1. The van der Waals surface area contributed by atoms with Gasteiger partial charge in [-0.3, -0.25) is 9.59 Å². The summed E-state index contributed by atoms with van der Waals surface area (Å²) in [6.45, 7) is 3.68. The first-order valence-corrected chi connectivity index (χ1v) is 4.76. The van der Waals surface area contributed by atoms with Crippen LogP contribution in [0.2, 0.25) is 0 Å². The smallest absolute Gasteiger partial charge is 0.305 e. The van der Waals surface area contributed by atoms with Gasteiger partial charge in [0.25, 0.3) is 0 Å². The van der Waals surface area contributed by atoms with E-state index in [4.69, 9.17) is 15.6 Å². The predicted octanol–water partition coefficient (Wildman–Crippen LogP) is -1.06. The van der Waals surface area contributed by atoms with Crippen molar-refractivity contribution in [3.63, 3.8) is 0 Å². The fourth-order valence-corrected chi connectivity index (χ4v) is 1.27. The maximum Gasteiger partial charge on any atom is 0.305 e. The third kappa shape index (κ3) is 3.49. The van der Waals surface area contributed by atoms with Crippen LogP contribution in [0.25, 0.3) is 0 Å². The third-order valence-electron chi connectivity index (χ3n) is 2.32. The molecule has 0 bridgehead atoms. The van der Waals surface area contributed by atoms with Gasteiger partial charge in [-0.05, 0) is 0 Å². The SMILES string of the molecule is CC1(CNC(=O)C(N)CC(=O)O)COC1. The zero-order chi connectivity index (χ0) is 11.5. The summed E-state index contributed by atoms with van der Waals surface area (Å²) < 4.78 is 5.02. The number of nitrogens with two attached hydrogens (primary N) is 1. The molecule has 1 unspecified atom stereocenters. The van der Waals surface area contributed by atoms with Crippen LogP contribution in [0.5, 0.6) is 0 Å². The van der Waals surface area contributed by atoms with Crippen molar-refractivity contribution in [1.82, 2.24) is 5.32 Å². The van der Waals surface area contributed by atoms with Crippen LogP contribution in [-0.2, 0) is 14.3 Å². The van der Waals surface area contributed by atoms with E-state index in [2.05, 4.69) is 5.32 Å². The minimum atomic E-state index is -1.07. The van der Waals surface area contributed by atoms with Crippen LogP contribution in [0, 0.1) is 5.41 Å². The minimum absolute atomic E-state index is 0.0292. The van der Waals surface area contributed by atoms with Crippen LogP contribution < -0.4 is 11.1 Å². The number of hydrogen-bond donors (Lipinski definition) is 3. The molecule has 1 amide bonds. The van der Waals surface area contributed by atoms with Gasteiger partial charge >= 0.3 is 5.97 Å². The largest absolute Gasteiger partial charge is 0.481 e. The third-order valence-corrected chi connectivity index (χ3v) is 2.32. The first-order chi connectivity index (χ1) is 6.93. The van der Waals surface area contributed by atoms with Crippen molar-refractivity contribution in [3.8, 4) is 0 Å². The molecule has 15 heavy (non-hydrogen) atoms. The monoisotopic (exact) mass is 216 g/mol. The zero-order valence-corrected chi connectivity index (χ0v) is 8.66. The predicted molar refractivity (Wildman–Crippen MR) is 52.2 cm³/mol. The fourth-order valence-electron chi connectivity index (χ4n) is 1.27.